The van der Waals surface area contributed by atoms with Crippen molar-refractivity contribution in [3.8, 4) is 0 Å². The average Bonchev–Trinajstić information content (AvgIpc) is 2.26. The molecule has 0 amide bonds. The molecule has 1 aromatic rings. The first-order chi connectivity index (χ1) is 7.17. The Bertz CT molecular complexity index is 321. The zero-order chi connectivity index (χ0) is 11.3. The minimum absolute atomic E-state index is 0.475. The molecule has 0 fully saturated rings. The van der Waals surface area contributed by atoms with Crippen LogP contribution >= 0.6 is 0 Å². The third kappa shape index (κ3) is 2.18. The summed E-state index contributed by atoms with van der Waals surface area (Å²) in [7, 11) is 1.44. The Labute approximate surface area is 89.7 Å². The molecule has 1 rings (SSSR count). The third-order valence-electron chi connectivity index (χ3n) is 2.54. The highest BCUT2D eigenvalue weighted by Gasteiger charge is 2.39. The van der Waals surface area contributed by atoms with Gasteiger partial charge in [0.25, 0.3) is 0 Å². The highest BCUT2D eigenvalue weighted by Crippen LogP contribution is 2.30. The predicted molar refractivity (Wildman–Crippen MR) is 57.7 cm³/mol. The van der Waals surface area contributed by atoms with Crippen molar-refractivity contribution in [3.63, 3.8) is 0 Å². The van der Waals surface area contributed by atoms with E-state index in [0.717, 1.165) is 6.42 Å². The number of hydrogen-bond donors (Lipinski definition) is 1. The smallest absolute Gasteiger partial charge is 0.340 e. The Morgan fingerprint density at radius 2 is 2.00 bits per heavy atom. The number of rotatable bonds is 5. The Balaban J connectivity index is 3.15. The minimum atomic E-state index is -1.20. The van der Waals surface area contributed by atoms with E-state index in [4.69, 9.17) is 4.74 Å². The first-order valence-corrected chi connectivity index (χ1v) is 5.01. The molecule has 0 radical (unpaired) electrons. The third-order valence-corrected chi connectivity index (χ3v) is 2.54. The molecule has 0 aliphatic heterocycles. The molecule has 1 atom stereocenters. The number of benzene rings is 1. The Morgan fingerprint density at radius 3 is 2.40 bits per heavy atom. The predicted octanol–water partition coefficient (Wildman–Crippen LogP) is 2.41. The van der Waals surface area contributed by atoms with Crippen LogP contribution in [0.5, 0.6) is 0 Å². The molecule has 82 valence electrons. The number of aliphatic carboxylic acids is 1. The molecule has 0 heterocycles. The van der Waals surface area contributed by atoms with Gasteiger partial charge in [-0.15, -0.1) is 0 Å². The van der Waals surface area contributed by atoms with Crippen molar-refractivity contribution in [2.75, 3.05) is 7.11 Å². The van der Waals surface area contributed by atoms with Crippen LogP contribution in [0.3, 0.4) is 0 Å². The van der Waals surface area contributed by atoms with Gasteiger partial charge in [-0.05, 0) is 12.0 Å². The van der Waals surface area contributed by atoms with Gasteiger partial charge in [0.2, 0.25) is 0 Å². The summed E-state index contributed by atoms with van der Waals surface area (Å²) in [6.07, 6.45) is 1.23. The number of carboxylic acid groups (broad SMARTS) is 1. The van der Waals surface area contributed by atoms with E-state index < -0.39 is 11.6 Å². The largest absolute Gasteiger partial charge is 0.479 e. The van der Waals surface area contributed by atoms with Crippen molar-refractivity contribution < 1.29 is 14.6 Å². The fourth-order valence-electron chi connectivity index (χ4n) is 1.74. The Kier molecular flexibility index (Phi) is 3.86. The van der Waals surface area contributed by atoms with Gasteiger partial charge in [0, 0.05) is 7.11 Å². The quantitative estimate of drug-likeness (QED) is 0.808. The molecular formula is C12H16O3. The second-order valence-corrected chi connectivity index (χ2v) is 3.45. The first-order valence-electron chi connectivity index (χ1n) is 5.01. The molecule has 0 spiro atoms. The van der Waals surface area contributed by atoms with E-state index >= 15 is 0 Å². The van der Waals surface area contributed by atoms with E-state index in [1.807, 2.05) is 25.1 Å². The van der Waals surface area contributed by atoms with Crippen molar-refractivity contribution in [1.82, 2.24) is 0 Å². The van der Waals surface area contributed by atoms with Gasteiger partial charge >= 0.3 is 5.97 Å². The summed E-state index contributed by atoms with van der Waals surface area (Å²) in [4.78, 5) is 11.3. The summed E-state index contributed by atoms with van der Waals surface area (Å²) in [6, 6.07) is 9.07. The summed E-state index contributed by atoms with van der Waals surface area (Å²) in [5, 5.41) is 9.28. The van der Waals surface area contributed by atoms with Crippen molar-refractivity contribution in [2.24, 2.45) is 0 Å². The summed E-state index contributed by atoms with van der Waals surface area (Å²) < 4.78 is 5.23. The maximum Gasteiger partial charge on any atom is 0.340 e. The maximum atomic E-state index is 11.3. The van der Waals surface area contributed by atoms with Crippen LogP contribution in [0, 0.1) is 0 Å². The lowest BCUT2D eigenvalue weighted by Crippen LogP contribution is -2.37. The Morgan fingerprint density at radius 1 is 1.40 bits per heavy atom. The van der Waals surface area contributed by atoms with Crippen LogP contribution in [0.15, 0.2) is 30.3 Å². The summed E-state index contributed by atoms with van der Waals surface area (Å²) >= 11 is 0. The molecule has 1 unspecified atom stereocenters. The van der Waals surface area contributed by atoms with Crippen LogP contribution in [0.1, 0.15) is 25.3 Å². The Hall–Kier alpha value is -1.35. The van der Waals surface area contributed by atoms with Gasteiger partial charge in [0.1, 0.15) is 0 Å². The van der Waals surface area contributed by atoms with Crippen LogP contribution in [0.4, 0.5) is 0 Å². The number of methoxy groups -OCH3 is 1. The molecule has 0 saturated heterocycles. The van der Waals surface area contributed by atoms with Gasteiger partial charge in [-0.2, -0.15) is 0 Å². The maximum absolute atomic E-state index is 11.3. The molecule has 0 saturated carbocycles. The van der Waals surface area contributed by atoms with Gasteiger partial charge in [-0.1, -0.05) is 43.7 Å². The normalized spacial score (nSPS) is 14.5. The standard InChI is InChI=1S/C12H16O3/c1-3-9-12(15-2,11(13)14)10-7-5-4-6-8-10/h4-8H,3,9H2,1-2H3,(H,13,14). The minimum Gasteiger partial charge on any atom is -0.479 e. The van der Waals surface area contributed by atoms with E-state index in [0.29, 0.717) is 12.0 Å². The average molecular weight is 208 g/mol. The van der Waals surface area contributed by atoms with Gasteiger partial charge in [0.05, 0.1) is 0 Å². The van der Waals surface area contributed by atoms with Gasteiger partial charge in [0.15, 0.2) is 5.60 Å². The topological polar surface area (TPSA) is 46.5 Å². The lowest BCUT2D eigenvalue weighted by atomic mass is 9.89. The highest BCUT2D eigenvalue weighted by molar-refractivity contribution is 5.79. The SMILES string of the molecule is CCCC(OC)(C(=O)O)c1ccccc1. The van der Waals surface area contributed by atoms with Gasteiger partial charge in [-0.3, -0.25) is 0 Å². The number of hydrogen-bond acceptors (Lipinski definition) is 2. The molecule has 1 N–H and O–H groups in total. The molecular weight excluding hydrogens is 192 g/mol. The zero-order valence-electron chi connectivity index (χ0n) is 9.06. The van der Waals surface area contributed by atoms with E-state index in [-0.39, 0.29) is 0 Å². The lowest BCUT2D eigenvalue weighted by Gasteiger charge is -2.27. The molecule has 0 aromatic heterocycles. The monoisotopic (exact) mass is 208 g/mol. The van der Waals surface area contributed by atoms with E-state index in [1.54, 1.807) is 12.1 Å². The van der Waals surface area contributed by atoms with Gasteiger partial charge in [-0.25, -0.2) is 4.79 Å². The number of carboxylic acids is 1. The van der Waals surface area contributed by atoms with Crippen LogP contribution in [0.2, 0.25) is 0 Å². The van der Waals surface area contributed by atoms with Crippen molar-refractivity contribution in [3.05, 3.63) is 35.9 Å². The fourth-order valence-corrected chi connectivity index (χ4v) is 1.74. The van der Waals surface area contributed by atoms with Crippen LogP contribution in [-0.4, -0.2) is 18.2 Å². The molecule has 0 aliphatic carbocycles. The van der Waals surface area contributed by atoms with E-state index in [9.17, 15) is 9.90 Å². The summed E-state index contributed by atoms with van der Waals surface area (Å²) in [5.74, 6) is -0.932. The number of ether oxygens (including phenoxy) is 1. The van der Waals surface area contributed by atoms with Gasteiger partial charge < -0.3 is 9.84 Å². The van der Waals surface area contributed by atoms with Crippen molar-refractivity contribution in [1.29, 1.82) is 0 Å². The number of carbonyl (C=O) groups is 1. The fraction of sp³-hybridized carbons (Fsp3) is 0.417. The second kappa shape index (κ2) is 4.94. The second-order valence-electron chi connectivity index (χ2n) is 3.45. The highest BCUT2D eigenvalue weighted by atomic mass is 16.5. The molecule has 3 heteroatoms. The molecule has 1 aromatic carbocycles. The molecule has 0 bridgehead atoms. The lowest BCUT2D eigenvalue weighted by molar-refractivity contribution is -0.165. The summed E-state index contributed by atoms with van der Waals surface area (Å²) in [6.45, 7) is 1.94. The molecule has 3 nitrogen and oxygen atoms in total. The van der Waals surface area contributed by atoms with E-state index in [1.165, 1.54) is 7.11 Å². The van der Waals surface area contributed by atoms with Crippen molar-refractivity contribution in [2.45, 2.75) is 25.4 Å². The van der Waals surface area contributed by atoms with Crippen LogP contribution in [0.25, 0.3) is 0 Å². The first kappa shape index (κ1) is 11.7. The summed E-state index contributed by atoms with van der Waals surface area (Å²) in [5.41, 5.74) is -0.502. The molecule has 0 aliphatic rings. The zero-order valence-corrected chi connectivity index (χ0v) is 9.06. The van der Waals surface area contributed by atoms with Crippen LogP contribution < -0.4 is 0 Å². The van der Waals surface area contributed by atoms with Crippen LogP contribution in [-0.2, 0) is 15.1 Å². The molecule has 15 heavy (non-hydrogen) atoms. The van der Waals surface area contributed by atoms with Crippen molar-refractivity contribution >= 4 is 5.97 Å². The van der Waals surface area contributed by atoms with E-state index in [2.05, 4.69) is 0 Å².